The number of piperidine rings is 1. The highest BCUT2D eigenvalue weighted by molar-refractivity contribution is 6.34. The summed E-state index contributed by atoms with van der Waals surface area (Å²) in [4.78, 5) is 28.2. The highest BCUT2D eigenvalue weighted by Gasteiger charge is 2.48. The van der Waals surface area contributed by atoms with Gasteiger partial charge in [-0.25, -0.2) is 9.18 Å². The van der Waals surface area contributed by atoms with Crippen LogP contribution in [0, 0.1) is 23.6 Å². The topological polar surface area (TPSA) is 121 Å². The average molecular weight is 652 g/mol. The molecule has 2 aromatic carbocycles. The minimum Gasteiger partial charge on any atom is -0.462 e. The van der Waals surface area contributed by atoms with Crippen LogP contribution in [0.4, 0.5) is 20.7 Å². The Morgan fingerprint density at radius 1 is 1.20 bits per heavy atom. The summed E-state index contributed by atoms with van der Waals surface area (Å²) in [6, 6.07) is 5.57. The first-order valence-corrected chi connectivity index (χ1v) is 16.3. The van der Waals surface area contributed by atoms with Crippen LogP contribution in [0.25, 0.3) is 22.0 Å². The van der Waals surface area contributed by atoms with Crippen LogP contribution in [0.1, 0.15) is 57.6 Å². The third-order valence-corrected chi connectivity index (χ3v) is 9.93. The van der Waals surface area contributed by atoms with Crippen molar-refractivity contribution in [3.63, 3.8) is 0 Å². The molecule has 6 rings (SSSR count). The van der Waals surface area contributed by atoms with Crippen molar-refractivity contribution in [2.24, 2.45) is 5.41 Å². The van der Waals surface area contributed by atoms with Crippen LogP contribution < -0.4 is 15.4 Å². The molecule has 0 radical (unpaired) electrons. The monoisotopic (exact) mass is 651 g/mol. The van der Waals surface area contributed by atoms with Crippen LogP contribution in [-0.4, -0.2) is 90.1 Å². The van der Waals surface area contributed by atoms with E-state index in [4.69, 9.17) is 37.2 Å². The molecule has 3 aliphatic heterocycles. The summed E-state index contributed by atoms with van der Waals surface area (Å²) in [5.74, 6) is -0.0341. The Kier molecular flexibility index (Phi) is 8.52. The Bertz CT molecular complexity index is 1680. The second kappa shape index (κ2) is 12.2. The molecule has 3 aromatic rings. The Hall–Kier alpha value is -3.70. The molecule has 3 fully saturated rings. The van der Waals surface area contributed by atoms with Gasteiger partial charge in [0.25, 0.3) is 0 Å². The molecule has 0 saturated carbocycles. The number of hydrogen-bond donors (Lipinski definition) is 2. The molecule has 3 N–H and O–H groups in total. The van der Waals surface area contributed by atoms with Crippen LogP contribution >= 0.6 is 11.6 Å². The van der Waals surface area contributed by atoms with Gasteiger partial charge in [0.05, 0.1) is 5.02 Å². The molecule has 46 heavy (non-hydrogen) atoms. The van der Waals surface area contributed by atoms with Gasteiger partial charge >= 0.3 is 12.1 Å². The highest BCUT2D eigenvalue weighted by Crippen LogP contribution is 2.45. The lowest BCUT2D eigenvalue weighted by Gasteiger charge is -2.53. The molecule has 12 heteroatoms. The quantitative estimate of drug-likeness (QED) is 0.236. The van der Waals surface area contributed by atoms with Crippen molar-refractivity contribution in [1.29, 1.82) is 5.41 Å². The fraction of sp³-hybridized carbons (Fsp3) is 0.529. The van der Waals surface area contributed by atoms with Crippen LogP contribution in [0.3, 0.4) is 0 Å². The number of aromatic nitrogens is 2. The molecular formula is C34H43ClFN7O3. The summed E-state index contributed by atoms with van der Waals surface area (Å²) in [6.45, 7) is 11.5. The largest absolute Gasteiger partial charge is 0.462 e. The number of nitrogens with zero attached hydrogens (tertiary/aromatic N) is 5. The van der Waals surface area contributed by atoms with Gasteiger partial charge in [-0.15, -0.1) is 0 Å². The summed E-state index contributed by atoms with van der Waals surface area (Å²) >= 11 is 6.86. The molecule has 3 saturated heterocycles. The Balaban J connectivity index is 1.34. The lowest BCUT2D eigenvalue weighted by Crippen LogP contribution is -2.62. The third kappa shape index (κ3) is 6.07. The Labute approximate surface area is 274 Å². The smallest absolute Gasteiger partial charge is 0.410 e. The number of benzene rings is 2. The summed E-state index contributed by atoms with van der Waals surface area (Å²) in [5.41, 5.74) is 7.91. The number of hydrogen-bond acceptors (Lipinski definition) is 9. The Morgan fingerprint density at radius 2 is 1.91 bits per heavy atom. The van der Waals surface area contributed by atoms with E-state index in [0.29, 0.717) is 60.8 Å². The second-order valence-corrected chi connectivity index (χ2v) is 14.5. The number of likely N-dealkylation sites (tertiary alicyclic amines) is 2. The summed E-state index contributed by atoms with van der Waals surface area (Å²) in [6.07, 6.45) is 4.66. The van der Waals surface area contributed by atoms with E-state index < -0.39 is 11.4 Å². The number of nitrogens with two attached hydrogens (primary N) is 1. The van der Waals surface area contributed by atoms with Gasteiger partial charge in [0.2, 0.25) is 0 Å². The molecule has 3 aliphatic rings. The molecule has 1 aromatic heterocycles. The Morgan fingerprint density at radius 3 is 2.54 bits per heavy atom. The van der Waals surface area contributed by atoms with Crippen molar-refractivity contribution in [3.8, 4) is 17.1 Å². The van der Waals surface area contributed by atoms with Crippen molar-refractivity contribution >= 4 is 46.3 Å². The summed E-state index contributed by atoms with van der Waals surface area (Å²) in [5, 5.41) is 8.68. The van der Waals surface area contributed by atoms with Crippen molar-refractivity contribution < 1.29 is 18.7 Å². The SMILES string of the molecule is Cc1ccc(N)c(C=N)c1-c1c(Cl)cc2c(N3CCC4(CC3)CN(C(=O)OC(C)(C)C)C4)nc(OC[C@@H]3CCCN3C)nc2c1F. The van der Waals surface area contributed by atoms with E-state index in [0.717, 1.165) is 44.0 Å². The van der Waals surface area contributed by atoms with E-state index in [2.05, 4.69) is 21.8 Å². The van der Waals surface area contributed by atoms with E-state index >= 15 is 4.39 Å². The number of anilines is 2. The van der Waals surface area contributed by atoms with Crippen molar-refractivity contribution in [1.82, 2.24) is 19.8 Å². The molecule has 0 bridgehead atoms. The molecule has 10 nitrogen and oxygen atoms in total. The van der Waals surface area contributed by atoms with Crippen molar-refractivity contribution in [2.75, 3.05) is 57.0 Å². The maximum atomic E-state index is 16.8. The van der Waals surface area contributed by atoms with Gasteiger partial charge in [-0.1, -0.05) is 17.7 Å². The van der Waals surface area contributed by atoms with Crippen LogP contribution in [-0.2, 0) is 4.74 Å². The molecule has 0 unspecified atom stereocenters. The number of carbonyl (C=O) groups excluding carboxylic acids is 1. The molecule has 4 heterocycles. The van der Waals surface area contributed by atoms with Gasteiger partial charge in [0.1, 0.15) is 23.5 Å². The lowest BCUT2D eigenvalue weighted by atomic mass is 9.72. The third-order valence-electron chi connectivity index (χ3n) is 9.63. The fourth-order valence-electron chi connectivity index (χ4n) is 7.02. The van der Waals surface area contributed by atoms with E-state index in [9.17, 15) is 4.79 Å². The zero-order valence-electron chi connectivity index (χ0n) is 27.3. The number of likely N-dealkylation sites (N-methyl/N-ethyl adjacent to an activating group) is 1. The number of fused-ring (bicyclic) bond motifs is 1. The van der Waals surface area contributed by atoms with Gasteiger partial charge in [0.15, 0.2) is 5.82 Å². The number of amides is 1. The van der Waals surface area contributed by atoms with Crippen molar-refractivity contribution in [2.45, 2.75) is 65.0 Å². The number of nitrogen functional groups attached to an aromatic ring is 1. The summed E-state index contributed by atoms with van der Waals surface area (Å²) < 4.78 is 28.5. The van der Waals surface area contributed by atoms with Crippen LogP contribution in [0.5, 0.6) is 6.01 Å². The minimum absolute atomic E-state index is 0.0205. The van der Waals surface area contributed by atoms with Crippen LogP contribution in [0.15, 0.2) is 18.2 Å². The zero-order valence-corrected chi connectivity index (χ0v) is 28.0. The number of rotatable bonds is 6. The normalized spacial score (nSPS) is 19.8. The van der Waals surface area contributed by atoms with E-state index in [1.165, 1.54) is 0 Å². The average Bonchev–Trinajstić information content (AvgIpc) is 3.40. The van der Waals surface area contributed by atoms with Gasteiger partial charge in [-0.3, -0.25) is 0 Å². The molecule has 0 aliphatic carbocycles. The number of ether oxygens (including phenoxy) is 2. The van der Waals surface area contributed by atoms with E-state index in [-0.39, 0.29) is 39.7 Å². The predicted octanol–water partition coefficient (Wildman–Crippen LogP) is 6.29. The van der Waals surface area contributed by atoms with Gasteiger partial charge in [-0.2, -0.15) is 9.97 Å². The van der Waals surface area contributed by atoms with Crippen molar-refractivity contribution in [3.05, 3.63) is 40.2 Å². The maximum Gasteiger partial charge on any atom is 0.410 e. The predicted molar refractivity (Wildman–Crippen MR) is 180 cm³/mol. The molecular weight excluding hydrogens is 609 g/mol. The molecule has 1 amide bonds. The molecule has 1 spiro atoms. The first kappa shape index (κ1) is 32.2. The second-order valence-electron chi connectivity index (χ2n) is 14.1. The fourth-order valence-corrected chi connectivity index (χ4v) is 7.30. The number of aryl methyl sites for hydroxylation is 1. The lowest BCUT2D eigenvalue weighted by molar-refractivity contribution is -0.0434. The first-order valence-electron chi connectivity index (χ1n) is 15.9. The standard InChI is InChI=1S/C34H43ClFN7O3/c1-20-8-9-25(38)23(16-37)26(20)27-24(35)15-22-29(28(27)36)39-31(45-17-21-7-6-12-41(21)5)40-30(22)42-13-10-34(11-14-42)18-43(19-34)32(44)46-33(2,3)4/h8-9,15-16,21,37H,6-7,10-14,17-19,38H2,1-5H3/t21-/m0/s1. The first-order chi connectivity index (χ1) is 21.8. The van der Waals surface area contributed by atoms with E-state index in [1.807, 2.05) is 27.7 Å². The number of carbonyl (C=O) groups is 1. The maximum absolute atomic E-state index is 16.8. The highest BCUT2D eigenvalue weighted by atomic mass is 35.5. The van der Waals surface area contributed by atoms with Gasteiger partial charge < -0.3 is 35.3 Å². The zero-order chi connectivity index (χ0) is 33.0. The molecule has 246 valence electrons. The number of halogens is 2. The number of nitrogens with one attached hydrogen (secondary N) is 1. The molecule has 1 atom stereocenters. The van der Waals surface area contributed by atoms with Gasteiger partial charge in [-0.05, 0) is 90.2 Å². The minimum atomic E-state index is -0.605. The van der Waals surface area contributed by atoms with Gasteiger partial charge in [0, 0.05) is 66.1 Å². The summed E-state index contributed by atoms with van der Waals surface area (Å²) in [7, 11) is 2.07. The van der Waals surface area contributed by atoms with E-state index in [1.54, 1.807) is 23.1 Å². The van der Waals surface area contributed by atoms with Crippen LogP contribution in [0.2, 0.25) is 5.02 Å².